The van der Waals surface area contributed by atoms with E-state index in [4.69, 9.17) is 20.8 Å². The molecule has 0 unspecified atom stereocenters. The zero-order chi connectivity index (χ0) is 22.8. The minimum absolute atomic E-state index is 0.260. The van der Waals surface area contributed by atoms with Gasteiger partial charge in [0.15, 0.2) is 0 Å². The van der Waals surface area contributed by atoms with Crippen LogP contribution in [0.5, 0.6) is 0 Å². The maximum atomic E-state index is 13.0. The molecule has 0 spiro atoms. The van der Waals surface area contributed by atoms with Gasteiger partial charge in [-0.1, -0.05) is 48.0 Å². The van der Waals surface area contributed by atoms with Gasteiger partial charge in [0.1, 0.15) is 5.58 Å². The molecule has 1 aliphatic rings. The molecule has 2 heterocycles. The molecular weight excluding hydrogens is 440 g/mol. The Morgan fingerprint density at radius 3 is 2.48 bits per heavy atom. The first-order valence-electron chi connectivity index (χ1n) is 10.7. The summed E-state index contributed by atoms with van der Waals surface area (Å²) in [6.07, 6.45) is 0. The van der Waals surface area contributed by atoms with Crippen LogP contribution in [0.3, 0.4) is 0 Å². The Hall–Kier alpha value is -3.61. The molecule has 33 heavy (non-hydrogen) atoms. The number of rotatable bonds is 4. The molecule has 1 saturated heterocycles. The Balaban J connectivity index is 1.40. The summed E-state index contributed by atoms with van der Waals surface area (Å²) >= 11 is 6.46. The molecule has 166 valence electrons. The van der Waals surface area contributed by atoms with Crippen LogP contribution in [0, 0.1) is 0 Å². The number of halogens is 1. The minimum Gasteiger partial charge on any atom is -0.422 e. The van der Waals surface area contributed by atoms with Gasteiger partial charge in [-0.05, 0) is 42.0 Å². The van der Waals surface area contributed by atoms with Crippen molar-refractivity contribution in [2.75, 3.05) is 36.5 Å². The van der Waals surface area contributed by atoms with Gasteiger partial charge in [-0.25, -0.2) is 4.79 Å². The van der Waals surface area contributed by atoms with Crippen molar-refractivity contribution in [3.05, 3.63) is 93.8 Å². The Morgan fingerprint density at radius 2 is 1.70 bits per heavy atom. The number of fused-ring (bicyclic) bond motifs is 1. The Morgan fingerprint density at radius 1 is 0.939 bits per heavy atom. The highest BCUT2D eigenvalue weighted by Crippen LogP contribution is 2.34. The minimum atomic E-state index is -0.417. The topological polar surface area (TPSA) is 71.8 Å². The largest absolute Gasteiger partial charge is 0.422 e. The second-order valence-corrected chi connectivity index (χ2v) is 8.16. The summed E-state index contributed by atoms with van der Waals surface area (Å²) < 4.78 is 10.9. The number of morpholine rings is 1. The maximum absolute atomic E-state index is 13.0. The van der Waals surface area contributed by atoms with Crippen LogP contribution < -0.4 is 15.8 Å². The molecule has 3 aromatic carbocycles. The molecule has 6 nitrogen and oxygen atoms in total. The van der Waals surface area contributed by atoms with Gasteiger partial charge in [0, 0.05) is 24.0 Å². The van der Waals surface area contributed by atoms with Crippen LogP contribution in [0.15, 0.2) is 82.0 Å². The number of anilines is 2. The average molecular weight is 461 g/mol. The number of carbonyl (C=O) groups excluding carboxylic acids is 1. The third-order valence-electron chi connectivity index (χ3n) is 5.66. The predicted octanol–water partition coefficient (Wildman–Crippen LogP) is 5.20. The summed E-state index contributed by atoms with van der Waals surface area (Å²) in [7, 11) is 0. The first-order valence-corrected chi connectivity index (χ1v) is 11.0. The monoisotopic (exact) mass is 460 g/mol. The fourth-order valence-electron chi connectivity index (χ4n) is 3.98. The highest BCUT2D eigenvalue weighted by Gasteiger charge is 2.19. The summed E-state index contributed by atoms with van der Waals surface area (Å²) in [5.41, 5.74) is 3.17. The second-order valence-electron chi connectivity index (χ2n) is 7.75. The average Bonchev–Trinajstić information content (AvgIpc) is 2.84. The van der Waals surface area contributed by atoms with E-state index in [1.54, 1.807) is 36.4 Å². The fourth-order valence-corrected chi connectivity index (χ4v) is 4.28. The van der Waals surface area contributed by atoms with E-state index >= 15 is 0 Å². The molecule has 1 aliphatic heterocycles. The van der Waals surface area contributed by atoms with Crippen molar-refractivity contribution in [1.29, 1.82) is 0 Å². The predicted molar refractivity (Wildman–Crippen MR) is 130 cm³/mol. The van der Waals surface area contributed by atoms with E-state index in [9.17, 15) is 9.59 Å². The van der Waals surface area contributed by atoms with Gasteiger partial charge in [-0.2, -0.15) is 0 Å². The van der Waals surface area contributed by atoms with Crippen molar-refractivity contribution in [3.63, 3.8) is 0 Å². The lowest BCUT2D eigenvalue weighted by Gasteiger charge is -2.31. The molecule has 1 amide bonds. The third-order valence-corrected chi connectivity index (χ3v) is 5.97. The summed E-state index contributed by atoms with van der Waals surface area (Å²) in [6, 6.07) is 21.5. The number of nitrogens with zero attached hydrogens (tertiary/aromatic N) is 1. The Labute approximate surface area is 195 Å². The Bertz CT molecular complexity index is 1380. The molecule has 0 radical (unpaired) electrons. The number of ether oxygens (including phenoxy) is 1. The van der Waals surface area contributed by atoms with Crippen LogP contribution in [0.1, 0.15) is 10.4 Å². The highest BCUT2D eigenvalue weighted by atomic mass is 35.5. The molecule has 1 aromatic heterocycles. The van der Waals surface area contributed by atoms with E-state index in [0.29, 0.717) is 59.3 Å². The molecule has 7 heteroatoms. The van der Waals surface area contributed by atoms with Crippen molar-refractivity contribution in [1.82, 2.24) is 0 Å². The quantitative estimate of drug-likeness (QED) is 0.424. The first kappa shape index (κ1) is 21.2. The summed E-state index contributed by atoms with van der Waals surface area (Å²) in [5, 5.41) is 4.39. The van der Waals surface area contributed by atoms with Gasteiger partial charge in [0.2, 0.25) is 0 Å². The molecular formula is C26H21ClN2O4. The molecule has 0 aliphatic carbocycles. The van der Waals surface area contributed by atoms with Gasteiger partial charge >= 0.3 is 5.63 Å². The molecule has 5 rings (SSSR count). The van der Waals surface area contributed by atoms with E-state index in [1.165, 1.54) is 0 Å². The highest BCUT2D eigenvalue weighted by molar-refractivity contribution is 6.34. The number of benzene rings is 3. The van der Waals surface area contributed by atoms with Gasteiger partial charge in [0.05, 0.1) is 35.2 Å². The van der Waals surface area contributed by atoms with Crippen LogP contribution in [0.25, 0.3) is 22.1 Å². The molecule has 1 N–H and O–H groups in total. The smallest absolute Gasteiger partial charge is 0.344 e. The van der Waals surface area contributed by atoms with Crippen LogP contribution >= 0.6 is 11.6 Å². The molecule has 4 aromatic rings. The fraction of sp³-hybridized carbons (Fsp3) is 0.154. The lowest BCUT2D eigenvalue weighted by Crippen LogP contribution is -2.37. The van der Waals surface area contributed by atoms with Gasteiger partial charge < -0.3 is 19.4 Å². The molecule has 0 bridgehead atoms. The van der Waals surface area contributed by atoms with E-state index in [-0.39, 0.29) is 5.91 Å². The van der Waals surface area contributed by atoms with Crippen LogP contribution in [-0.2, 0) is 4.74 Å². The number of para-hydroxylation sites is 2. The number of nitrogens with one attached hydrogen (secondary N) is 1. The van der Waals surface area contributed by atoms with Crippen LogP contribution in [0.2, 0.25) is 5.02 Å². The van der Waals surface area contributed by atoms with Crippen LogP contribution in [-0.4, -0.2) is 32.2 Å². The van der Waals surface area contributed by atoms with Crippen molar-refractivity contribution < 1.29 is 13.9 Å². The lowest BCUT2D eigenvalue weighted by molar-refractivity contribution is 0.102. The second kappa shape index (κ2) is 9.10. The molecule has 1 fully saturated rings. The SMILES string of the molecule is O=C(Nc1cccc(Cl)c1N1CCOCC1)c1ccc(-c2cc3ccccc3oc2=O)cc1. The molecule has 0 saturated carbocycles. The summed E-state index contributed by atoms with van der Waals surface area (Å²) in [4.78, 5) is 27.5. The first-order chi connectivity index (χ1) is 16.1. The lowest BCUT2D eigenvalue weighted by atomic mass is 10.0. The summed E-state index contributed by atoms with van der Waals surface area (Å²) in [6.45, 7) is 2.64. The van der Waals surface area contributed by atoms with Gasteiger partial charge in [-0.15, -0.1) is 0 Å². The number of carbonyl (C=O) groups is 1. The molecule has 0 atom stereocenters. The van der Waals surface area contributed by atoms with E-state index in [0.717, 1.165) is 11.1 Å². The van der Waals surface area contributed by atoms with Crippen molar-refractivity contribution in [2.45, 2.75) is 0 Å². The van der Waals surface area contributed by atoms with Crippen LogP contribution in [0.4, 0.5) is 11.4 Å². The number of hydrogen-bond donors (Lipinski definition) is 1. The van der Waals surface area contributed by atoms with Gasteiger partial charge in [0.25, 0.3) is 5.91 Å². The van der Waals surface area contributed by atoms with E-state index in [2.05, 4.69) is 10.2 Å². The van der Waals surface area contributed by atoms with E-state index < -0.39 is 5.63 Å². The van der Waals surface area contributed by atoms with Crippen molar-refractivity contribution in [2.24, 2.45) is 0 Å². The Kier molecular flexibility index (Phi) is 5.86. The number of amides is 1. The zero-order valence-corrected chi connectivity index (χ0v) is 18.5. The number of hydrogen-bond acceptors (Lipinski definition) is 5. The van der Waals surface area contributed by atoms with Gasteiger partial charge in [-0.3, -0.25) is 4.79 Å². The normalized spacial score (nSPS) is 13.8. The van der Waals surface area contributed by atoms with Crippen molar-refractivity contribution in [3.8, 4) is 11.1 Å². The summed E-state index contributed by atoms with van der Waals surface area (Å²) in [5.74, 6) is -0.260. The van der Waals surface area contributed by atoms with Crippen molar-refractivity contribution >= 4 is 39.9 Å². The zero-order valence-electron chi connectivity index (χ0n) is 17.7. The maximum Gasteiger partial charge on any atom is 0.344 e. The standard InChI is InChI=1S/C26H21ClN2O4/c27-21-5-3-6-22(24(21)29-12-14-32-15-13-29)28-25(30)18-10-8-17(9-11-18)20-16-19-4-1-2-7-23(19)33-26(20)31/h1-11,16H,12-15H2,(H,28,30). The van der Waals surface area contributed by atoms with E-state index in [1.807, 2.05) is 36.4 Å². The third kappa shape index (κ3) is 4.35.